The molecule has 6 nitrogen and oxygen atoms in total. The molecule has 0 atom stereocenters. The maximum atomic E-state index is 12.3. The summed E-state index contributed by atoms with van der Waals surface area (Å²) in [6.45, 7) is 1.90. The molecule has 0 aliphatic carbocycles. The Bertz CT molecular complexity index is 681. The number of nitro groups is 1. The number of anilines is 2. The first-order valence-electron chi connectivity index (χ1n) is 6.35. The fourth-order valence-electron chi connectivity index (χ4n) is 1.93. The first-order valence-corrected chi connectivity index (χ1v) is 6.35. The van der Waals surface area contributed by atoms with E-state index in [9.17, 15) is 14.9 Å². The molecule has 0 saturated carbocycles. The fraction of sp³-hybridized carbons (Fsp3) is 0.133. The predicted molar refractivity (Wildman–Crippen MR) is 81.8 cm³/mol. The van der Waals surface area contributed by atoms with Gasteiger partial charge in [0.05, 0.1) is 10.5 Å². The molecule has 0 aromatic heterocycles. The molecule has 0 saturated heterocycles. The molecule has 6 heteroatoms. The predicted octanol–water partition coefficient (Wildman–Crippen LogP) is 3.20. The van der Waals surface area contributed by atoms with Crippen LogP contribution in [0.25, 0.3) is 0 Å². The number of carbonyl (C=O) groups excluding carboxylic acids is 1. The van der Waals surface area contributed by atoms with E-state index >= 15 is 0 Å². The van der Waals surface area contributed by atoms with Crippen LogP contribution >= 0.6 is 0 Å². The Kier molecular flexibility index (Phi) is 4.18. The van der Waals surface area contributed by atoms with Crippen molar-refractivity contribution in [3.8, 4) is 0 Å². The van der Waals surface area contributed by atoms with Crippen molar-refractivity contribution in [2.45, 2.75) is 6.92 Å². The summed E-state index contributed by atoms with van der Waals surface area (Å²) < 4.78 is 0. The van der Waals surface area contributed by atoms with Crippen LogP contribution in [0.3, 0.4) is 0 Å². The van der Waals surface area contributed by atoms with Crippen LogP contribution in [0.2, 0.25) is 0 Å². The zero-order chi connectivity index (χ0) is 15.4. The topological polar surface area (TPSA) is 84.3 Å². The van der Waals surface area contributed by atoms with Crippen molar-refractivity contribution < 1.29 is 9.72 Å². The zero-order valence-corrected chi connectivity index (χ0v) is 11.7. The molecule has 2 aromatic carbocycles. The number of aryl methyl sites for hydroxylation is 1. The summed E-state index contributed by atoms with van der Waals surface area (Å²) in [5, 5.41) is 16.3. The molecule has 108 valence electrons. The van der Waals surface area contributed by atoms with Gasteiger partial charge in [-0.15, -0.1) is 0 Å². The van der Waals surface area contributed by atoms with Gasteiger partial charge in [-0.2, -0.15) is 0 Å². The number of nitrogens with one attached hydrogen (secondary N) is 2. The largest absolute Gasteiger partial charge is 0.387 e. The summed E-state index contributed by atoms with van der Waals surface area (Å²) in [4.78, 5) is 22.4. The Hall–Kier alpha value is -2.89. The molecule has 0 heterocycles. The Morgan fingerprint density at radius 3 is 2.38 bits per heavy atom. The number of carbonyl (C=O) groups is 1. The summed E-state index contributed by atoms with van der Waals surface area (Å²) in [5.74, 6) is -0.267. The molecule has 0 fully saturated rings. The van der Waals surface area contributed by atoms with Gasteiger partial charge in [-0.25, -0.2) is 0 Å². The van der Waals surface area contributed by atoms with Crippen molar-refractivity contribution in [1.82, 2.24) is 0 Å². The average Bonchev–Trinajstić information content (AvgIpc) is 2.47. The normalized spacial score (nSPS) is 10.0. The monoisotopic (exact) mass is 285 g/mol. The maximum Gasteiger partial charge on any atom is 0.269 e. The first kappa shape index (κ1) is 14.5. The van der Waals surface area contributed by atoms with Gasteiger partial charge in [0.15, 0.2) is 0 Å². The fourth-order valence-corrected chi connectivity index (χ4v) is 1.93. The van der Waals surface area contributed by atoms with Gasteiger partial charge >= 0.3 is 0 Å². The standard InChI is InChI=1S/C15H15N3O3/c1-10-3-8-14(16-2)13(9-10)15(19)17-11-4-6-12(7-5-11)18(20)21/h3-9,16H,1-2H3,(H,17,19). The van der Waals surface area contributed by atoms with Crippen LogP contribution in [0.4, 0.5) is 17.1 Å². The summed E-state index contributed by atoms with van der Waals surface area (Å²) in [5.41, 5.74) is 2.72. The number of nitrogens with zero attached hydrogens (tertiary/aromatic N) is 1. The van der Waals surface area contributed by atoms with E-state index in [1.165, 1.54) is 24.3 Å². The lowest BCUT2D eigenvalue weighted by Gasteiger charge is -2.10. The van der Waals surface area contributed by atoms with Crippen molar-refractivity contribution in [3.05, 3.63) is 63.7 Å². The number of amides is 1. The van der Waals surface area contributed by atoms with E-state index in [-0.39, 0.29) is 11.6 Å². The second-order valence-corrected chi connectivity index (χ2v) is 4.56. The highest BCUT2D eigenvalue weighted by molar-refractivity contribution is 6.08. The molecule has 2 rings (SSSR count). The Balaban J connectivity index is 2.21. The molecular weight excluding hydrogens is 270 g/mol. The van der Waals surface area contributed by atoms with Crippen molar-refractivity contribution in [2.24, 2.45) is 0 Å². The van der Waals surface area contributed by atoms with E-state index in [0.29, 0.717) is 11.3 Å². The SMILES string of the molecule is CNc1ccc(C)cc1C(=O)Nc1ccc([N+](=O)[O-])cc1. The van der Waals surface area contributed by atoms with Gasteiger partial charge in [0.25, 0.3) is 11.6 Å². The molecule has 0 spiro atoms. The van der Waals surface area contributed by atoms with Crippen molar-refractivity contribution in [2.75, 3.05) is 17.7 Å². The van der Waals surface area contributed by atoms with Gasteiger partial charge in [-0.1, -0.05) is 11.6 Å². The number of nitro benzene ring substituents is 1. The molecule has 0 aliphatic heterocycles. The van der Waals surface area contributed by atoms with Gasteiger partial charge in [0.1, 0.15) is 0 Å². The van der Waals surface area contributed by atoms with E-state index in [0.717, 1.165) is 11.3 Å². The molecule has 0 unspecified atom stereocenters. The lowest BCUT2D eigenvalue weighted by Crippen LogP contribution is -2.14. The van der Waals surface area contributed by atoms with Crippen molar-refractivity contribution >= 4 is 23.0 Å². The van der Waals surface area contributed by atoms with Crippen LogP contribution in [-0.2, 0) is 0 Å². The van der Waals surface area contributed by atoms with E-state index in [2.05, 4.69) is 10.6 Å². The van der Waals surface area contributed by atoms with Gasteiger partial charge in [0.2, 0.25) is 0 Å². The van der Waals surface area contributed by atoms with Crippen LogP contribution in [0, 0.1) is 17.0 Å². The number of hydrogen-bond acceptors (Lipinski definition) is 4. The first-order chi connectivity index (χ1) is 10.0. The smallest absolute Gasteiger partial charge is 0.269 e. The lowest BCUT2D eigenvalue weighted by atomic mass is 10.1. The van der Waals surface area contributed by atoms with E-state index in [4.69, 9.17) is 0 Å². The number of hydrogen-bond donors (Lipinski definition) is 2. The van der Waals surface area contributed by atoms with Crippen LogP contribution < -0.4 is 10.6 Å². The van der Waals surface area contributed by atoms with Gasteiger partial charge in [-0.05, 0) is 31.2 Å². The second kappa shape index (κ2) is 6.04. The molecule has 2 aromatic rings. The average molecular weight is 285 g/mol. The Morgan fingerprint density at radius 2 is 1.81 bits per heavy atom. The summed E-state index contributed by atoms with van der Waals surface area (Å²) in [6.07, 6.45) is 0. The highest BCUT2D eigenvalue weighted by atomic mass is 16.6. The summed E-state index contributed by atoms with van der Waals surface area (Å²) in [6, 6.07) is 11.2. The zero-order valence-electron chi connectivity index (χ0n) is 11.7. The third kappa shape index (κ3) is 3.36. The molecule has 0 aliphatic rings. The highest BCUT2D eigenvalue weighted by Gasteiger charge is 2.12. The van der Waals surface area contributed by atoms with E-state index in [1.54, 1.807) is 13.1 Å². The minimum atomic E-state index is -0.481. The van der Waals surface area contributed by atoms with E-state index < -0.39 is 4.92 Å². The van der Waals surface area contributed by atoms with Crippen LogP contribution in [0.5, 0.6) is 0 Å². The lowest BCUT2D eigenvalue weighted by molar-refractivity contribution is -0.384. The Morgan fingerprint density at radius 1 is 1.14 bits per heavy atom. The highest BCUT2D eigenvalue weighted by Crippen LogP contribution is 2.20. The molecule has 0 radical (unpaired) electrons. The van der Waals surface area contributed by atoms with Crippen LogP contribution in [-0.4, -0.2) is 17.9 Å². The minimum Gasteiger partial charge on any atom is -0.387 e. The minimum absolute atomic E-state index is 0.0144. The van der Waals surface area contributed by atoms with E-state index in [1.807, 2.05) is 19.1 Å². The van der Waals surface area contributed by atoms with Crippen LogP contribution in [0.1, 0.15) is 15.9 Å². The molecule has 1 amide bonds. The second-order valence-electron chi connectivity index (χ2n) is 4.56. The summed E-state index contributed by atoms with van der Waals surface area (Å²) >= 11 is 0. The van der Waals surface area contributed by atoms with Gasteiger partial charge in [-0.3, -0.25) is 14.9 Å². The Labute approximate surface area is 121 Å². The molecule has 21 heavy (non-hydrogen) atoms. The van der Waals surface area contributed by atoms with Crippen LogP contribution in [0.15, 0.2) is 42.5 Å². The maximum absolute atomic E-state index is 12.3. The molecule has 2 N–H and O–H groups in total. The number of rotatable bonds is 4. The molecular formula is C15H15N3O3. The van der Waals surface area contributed by atoms with Gasteiger partial charge in [0, 0.05) is 30.6 Å². The third-order valence-corrected chi connectivity index (χ3v) is 3.03. The number of benzene rings is 2. The van der Waals surface area contributed by atoms with Gasteiger partial charge < -0.3 is 10.6 Å². The van der Waals surface area contributed by atoms with Crippen molar-refractivity contribution in [3.63, 3.8) is 0 Å². The quantitative estimate of drug-likeness (QED) is 0.667. The summed E-state index contributed by atoms with van der Waals surface area (Å²) in [7, 11) is 1.74. The molecule has 0 bridgehead atoms. The number of non-ortho nitro benzene ring substituents is 1. The third-order valence-electron chi connectivity index (χ3n) is 3.03. The van der Waals surface area contributed by atoms with Crippen molar-refractivity contribution in [1.29, 1.82) is 0 Å².